The Morgan fingerprint density at radius 3 is 2.00 bits per heavy atom. The van der Waals surface area contributed by atoms with E-state index in [2.05, 4.69) is 0 Å². The second-order valence-electron chi connectivity index (χ2n) is 3.13. The quantitative estimate of drug-likeness (QED) is 0.423. The van der Waals surface area contributed by atoms with Crippen LogP contribution in [0.4, 0.5) is 5.69 Å². The summed E-state index contributed by atoms with van der Waals surface area (Å²) in [7, 11) is 0. The molecular formula is C10H9NNa2O4. The molecule has 0 bridgehead atoms. The fourth-order valence-electron chi connectivity index (χ4n) is 1.24. The topological polar surface area (TPSA) is 106 Å². The zero-order valence-electron chi connectivity index (χ0n) is 9.86. The summed E-state index contributed by atoms with van der Waals surface area (Å²) in [5.74, 6) is -2.43. The van der Waals surface area contributed by atoms with E-state index in [0.717, 1.165) is 0 Å². The number of benzene rings is 1. The molecule has 0 aliphatic rings. The minimum atomic E-state index is -1.23. The standard InChI is InChI=1S/C10H11NO4.2Na/c11-8-3-6(4-9(12)13)1-2-7(8)5-10(14)15;;/h1-3H,4-5,11H2,(H,12,13)(H,14,15);;/q;2*+1/p-2. The molecule has 0 atom stereocenters. The van der Waals surface area contributed by atoms with Crippen LogP contribution in [-0.2, 0) is 22.4 Å². The van der Waals surface area contributed by atoms with Crippen LogP contribution in [0.5, 0.6) is 0 Å². The number of nitrogens with two attached hydrogens (primary N) is 1. The Balaban J connectivity index is 0. The molecule has 1 rings (SSSR count). The third kappa shape index (κ3) is 7.08. The molecule has 0 saturated heterocycles. The molecular weight excluding hydrogens is 244 g/mol. The minimum absolute atomic E-state index is 0. The summed E-state index contributed by atoms with van der Waals surface area (Å²) in [5.41, 5.74) is 6.68. The summed E-state index contributed by atoms with van der Waals surface area (Å²) in [5, 5.41) is 20.6. The van der Waals surface area contributed by atoms with Crippen molar-refractivity contribution in [3.63, 3.8) is 0 Å². The Hall–Kier alpha value is -0.0400. The van der Waals surface area contributed by atoms with Crippen LogP contribution in [0.1, 0.15) is 11.1 Å². The average Bonchev–Trinajstić information content (AvgIpc) is 2.08. The summed E-state index contributed by atoms with van der Waals surface area (Å²) in [6.45, 7) is 0. The van der Waals surface area contributed by atoms with Gasteiger partial charge in [-0.05, 0) is 17.2 Å². The number of carbonyl (C=O) groups excluding carboxylic acids is 2. The summed E-state index contributed by atoms with van der Waals surface area (Å²) < 4.78 is 0. The van der Waals surface area contributed by atoms with E-state index in [1.165, 1.54) is 18.2 Å². The number of anilines is 1. The number of aliphatic carboxylic acids is 2. The van der Waals surface area contributed by atoms with Crippen molar-refractivity contribution in [3.05, 3.63) is 29.3 Å². The normalized spacial score (nSPS) is 8.71. The van der Waals surface area contributed by atoms with Gasteiger partial charge in [0.15, 0.2) is 0 Å². The smallest absolute Gasteiger partial charge is 0.550 e. The van der Waals surface area contributed by atoms with Crippen LogP contribution < -0.4 is 75.1 Å². The monoisotopic (exact) mass is 253 g/mol. The predicted octanol–water partition coefficient (Wildman–Crippen LogP) is -8.14. The van der Waals surface area contributed by atoms with Gasteiger partial charge in [-0.25, -0.2) is 0 Å². The van der Waals surface area contributed by atoms with Crippen molar-refractivity contribution in [1.82, 2.24) is 0 Å². The van der Waals surface area contributed by atoms with Crippen molar-refractivity contribution in [2.75, 3.05) is 5.73 Å². The van der Waals surface area contributed by atoms with Gasteiger partial charge in [-0.3, -0.25) is 0 Å². The van der Waals surface area contributed by atoms with Gasteiger partial charge in [0.2, 0.25) is 0 Å². The number of nitrogen functional groups attached to an aromatic ring is 1. The number of hydrogen-bond donors (Lipinski definition) is 1. The van der Waals surface area contributed by atoms with Crippen molar-refractivity contribution in [3.8, 4) is 0 Å². The minimum Gasteiger partial charge on any atom is -0.550 e. The predicted molar refractivity (Wildman–Crippen MR) is 48.3 cm³/mol. The van der Waals surface area contributed by atoms with Gasteiger partial charge < -0.3 is 25.5 Å². The van der Waals surface area contributed by atoms with E-state index >= 15 is 0 Å². The van der Waals surface area contributed by atoms with Gasteiger partial charge in [0.05, 0.1) is 0 Å². The van der Waals surface area contributed by atoms with Gasteiger partial charge in [-0.2, -0.15) is 0 Å². The maximum atomic E-state index is 10.3. The Labute approximate surface area is 143 Å². The van der Waals surface area contributed by atoms with Crippen molar-refractivity contribution in [2.45, 2.75) is 12.8 Å². The number of carboxylic acids is 2. The molecule has 0 aliphatic carbocycles. The van der Waals surface area contributed by atoms with E-state index < -0.39 is 11.9 Å². The molecule has 0 heterocycles. The van der Waals surface area contributed by atoms with Crippen LogP contribution in [0.2, 0.25) is 0 Å². The molecule has 0 spiro atoms. The Morgan fingerprint density at radius 1 is 1.06 bits per heavy atom. The molecule has 0 aromatic heterocycles. The average molecular weight is 253 g/mol. The van der Waals surface area contributed by atoms with Crippen molar-refractivity contribution in [2.24, 2.45) is 0 Å². The maximum Gasteiger partial charge on any atom is 1.00 e. The molecule has 0 radical (unpaired) electrons. The molecule has 2 N–H and O–H groups in total. The van der Waals surface area contributed by atoms with Crippen LogP contribution in [0.25, 0.3) is 0 Å². The van der Waals surface area contributed by atoms with Crippen LogP contribution >= 0.6 is 0 Å². The van der Waals surface area contributed by atoms with Crippen LogP contribution in [0.15, 0.2) is 18.2 Å². The number of hydrogen-bond acceptors (Lipinski definition) is 5. The first-order valence-electron chi connectivity index (χ1n) is 4.26. The van der Waals surface area contributed by atoms with E-state index in [4.69, 9.17) is 5.73 Å². The Kier molecular flexibility index (Phi) is 10.2. The summed E-state index contributed by atoms with van der Waals surface area (Å²) in [4.78, 5) is 20.6. The van der Waals surface area contributed by atoms with Crippen LogP contribution in [-0.4, -0.2) is 11.9 Å². The van der Waals surface area contributed by atoms with Gasteiger partial charge >= 0.3 is 59.1 Å². The Bertz CT molecular complexity index is 409. The van der Waals surface area contributed by atoms with Crippen molar-refractivity contribution >= 4 is 17.6 Å². The zero-order chi connectivity index (χ0) is 11.4. The second kappa shape index (κ2) is 8.97. The van der Waals surface area contributed by atoms with Crippen LogP contribution in [0.3, 0.4) is 0 Å². The van der Waals surface area contributed by atoms with Crippen molar-refractivity contribution < 1.29 is 78.9 Å². The molecule has 80 valence electrons. The molecule has 7 heteroatoms. The molecule has 0 unspecified atom stereocenters. The van der Waals surface area contributed by atoms with Gasteiger partial charge in [-0.1, -0.05) is 12.1 Å². The number of carbonyl (C=O) groups is 2. The summed E-state index contributed by atoms with van der Waals surface area (Å²) >= 11 is 0. The Morgan fingerprint density at radius 2 is 1.59 bits per heavy atom. The summed E-state index contributed by atoms with van der Waals surface area (Å²) in [6.07, 6.45) is -0.521. The molecule has 0 amide bonds. The molecule has 1 aromatic carbocycles. The third-order valence-electron chi connectivity index (χ3n) is 1.89. The first kappa shape index (κ1) is 19.3. The van der Waals surface area contributed by atoms with Crippen molar-refractivity contribution in [1.29, 1.82) is 0 Å². The molecule has 5 nitrogen and oxygen atoms in total. The van der Waals surface area contributed by atoms with Crippen LogP contribution in [0, 0.1) is 0 Å². The van der Waals surface area contributed by atoms with Gasteiger partial charge in [-0.15, -0.1) is 0 Å². The number of carboxylic acid groups (broad SMARTS) is 2. The molecule has 0 saturated carbocycles. The zero-order valence-corrected chi connectivity index (χ0v) is 13.9. The largest absolute Gasteiger partial charge is 1.00 e. The maximum absolute atomic E-state index is 10.3. The van der Waals surface area contributed by atoms with E-state index in [-0.39, 0.29) is 77.6 Å². The molecule has 1 aromatic rings. The van der Waals surface area contributed by atoms with Gasteiger partial charge in [0.1, 0.15) is 0 Å². The van der Waals surface area contributed by atoms with E-state index in [0.29, 0.717) is 11.1 Å². The third-order valence-corrected chi connectivity index (χ3v) is 1.89. The molecule has 17 heavy (non-hydrogen) atoms. The van der Waals surface area contributed by atoms with Gasteiger partial charge in [0, 0.05) is 30.5 Å². The number of rotatable bonds is 4. The first-order chi connectivity index (χ1) is 6.99. The molecule has 0 aliphatic heterocycles. The second-order valence-corrected chi connectivity index (χ2v) is 3.13. The fourth-order valence-corrected chi connectivity index (χ4v) is 1.24. The first-order valence-corrected chi connectivity index (χ1v) is 4.26. The van der Waals surface area contributed by atoms with E-state index in [1.54, 1.807) is 0 Å². The summed E-state index contributed by atoms with van der Waals surface area (Å²) in [6, 6.07) is 4.40. The van der Waals surface area contributed by atoms with E-state index in [1.807, 2.05) is 0 Å². The molecule has 0 fully saturated rings. The van der Waals surface area contributed by atoms with Gasteiger partial charge in [0.25, 0.3) is 0 Å². The SMILES string of the molecule is Nc1cc(CC(=O)[O-])ccc1CC(=O)[O-].[Na+].[Na+]. The van der Waals surface area contributed by atoms with E-state index in [9.17, 15) is 19.8 Å². The fraction of sp³-hybridized carbons (Fsp3) is 0.200.